The summed E-state index contributed by atoms with van der Waals surface area (Å²) in [7, 11) is 0. The van der Waals surface area contributed by atoms with Crippen molar-refractivity contribution in [2.45, 2.75) is 20.0 Å². The Hall–Kier alpha value is -4.06. The molecule has 0 atom stereocenters. The third kappa shape index (κ3) is 3.32. The first-order valence-electron chi connectivity index (χ1n) is 10.0. The number of aromatic amines is 1. The van der Waals surface area contributed by atoms with Crippen LogP contribution in [-0.2, 0) is 17.8 Å². The van der Waals surface area contributed by atoms with Gasteiger partial charge < -0.3 is 9.15 Å². The highest BCUT2D eigenvalue weighted by molar-refractivity contribution is 5.94. The van der Waals surface area contributed by atoms with E-state index < -0.39 is 0 Å². The van der Waals surface area contributed by atoms with Crippen LogP contribution in [0.1, 0.15) is 34.2 Å². The fourth-order valence-electron chi connectivity index (χ4n) is 3.70. The van der Waals surface area contributed by atoms with E-state index in [2.05, 4.69) is 18.6 Å². The molecule has 4 aromatic rings. The van der Waals surface area contributed by atoms with Crippen LogP contribution in [0.25, 0.3) is 29.7 Å². The van der Waals surface area contributed by atoms with Crippen LogP contribution in [0.5, 0.6) is 0 Å². The van der Waals surface area contributed by atoms with Crippen molar-refractivity contribution in [3.63, 3.8) is 0 Å². The van der Waals surface area contributed by atoms with E-state index in [4.69, 9.17) is 9.15 Å². The van der Waals surface area contributed by atoms with E-state index in [0.717, 1.165) is 23.2 Å². The third-order valence-corrected chi connectivity index (χ3v) is 5.49. The number of aryl methyl sites for hydroxylation is 1. The average Bonchev–Trinajstić information content (AvgIpc) is 3.48. The molecule has 154 valence electrons. The molecule has 0 unspecified atom stereocenters. The van der Waals surface area contributed by atoms with Crippen molar-refractivity contribution in [3.8, 4) is 17.0 Å². The summed E-state index contributed by atoms with van der Waals surface area (Å²) in [5.74, 6) is 0.801. The molecule has 1 aliphatic heterocycles. The minimum absolute atomic E-state index is 0.201. The van der Waals surface area contributed by atoms with Crippen LogP contribution in [0.2, 0.25) is 0 Å². The molecule has 0 saturated heterocycles. The van der Waals surface area contributed by atoms with Gasteiger partial charge in [0, 0.05) is 11.1 Å². The van der Waals surface area contributed by atoms with Gasteiger partial charge in [-0.25, -0.2) is 9.48 Å². The Morgan fingerprint density at radius 2 is 1.90 bits per heavy atom. The van der Waals surface area contributed by atoms with E-state index in [-0.39, 0.29) is 11.5 Å². The van der Waals surface area contributed by atoms with Gasteiger partial charge in [-0.15, -0.1) is 0 Å². The zero-order valence-corrected chi connectivity index (χ0v) is 17.0. The number of ether oxygens (including phenoxy) is 1. The zero-order chi connectivity index (χ0) is 21.5. The maximum absolute atomic E-state index is 13.0. The van der Waals surface area contributed by atoms with Crippen molar-refractivity contribution >= 4 is 18.6 Å². The first-order chi connectivity index (χ1) is 15.0. The molecule has 0 amide bonds. The summed E-state index contributed by atoms with van der Waals surface area (Å²) in [4.78, 5) is 24.8. The van der Waals surface area contributed by atoms with Gasteiger partial charge in [0.1, 0.15) is 18.1 Å². The quantitative estimate of drug-likeness (QED) is 0.523. The van der Waals surface area contributed by atoms with Crippen molar-refractivity contribution in [3.05, 3.63) is 98.0 Å². The van der Waals surface area contributed by atoms with E-state index in [1.807, 2.05) is 42.5 Å². The SMILES string of the molecule is C=c1[nH]n(-c2ccc(CC)cc2)c(=O)/c1=C/c1ccc(-c2ccc3c(c2)C(=O)OC3)o1. The summed E-state index contributed by atoms with van der Waals surface area (Å²) in [6, 6.07) is 16.9. The molecular weight excluding hydrogens is 392 g/mol. The normalized spacial score (nSPS) is 13.5. The Morgan fingerprint density at radius 3 is 2.68 bits per heavy atom. The molecule has 2 aromatic carbocycles. The number of hydrogen-bond acceptors (Lipinski definition) is 4. The highest BCUT2D eigenvalue weighted by atomic mass is 16.5. The van der Waals surface area contributed by atoms with Crippen molar-refractivity contribution in [1.29, 1.82) is 0 Å². The van der Waals surface area contributed by atoms with Gasteiger partial charge in [0.05, 0.1) is 21.8 Å². The third-order valence-electron chi connectivity index (χ3n) is 5.49. The molecule has 6 heteroatoms. The summed E-state index contributed by atoms with van der Waals surface area (Å²) in [5.41, 5.74) is 3.95. The molecule has 2 aromatic heterocycles. The second kappa shape index (κ2) is 7.32. The van der Waals surface area contributed by atoms with Crippen LogP contribution in [0.15, 0.2) is 63.8 Å². The number of benzene rings is 2. The number of furan rings is 1. The topological polar surface area (TPSA) is 77.2 Å². The number of fused-ring (bicyclic) bond motifs is 1. The van der Waals surface area contributed by atoms with Crippen LogP contribution in [0.3, 0.4) is 0 Å². The Labute approximate surface area is 177 Å². The van der Waals surface area contributed by atoms with Crippen molar-refractivity contribution in [2.24, 2.45) is 0 Å². The lowest BCUT2D eigenvalue weighted by molar-refractivity contribution is 0.0535. The van der Waals surface area contributed by atoms with Crippen molar-refractivity contribution in [2.75, 3.05) is 0 Å². The molecule has 1 aliphatic rings. The summed E-state index contributed by atoms with van der Waals surface area (Å²) < 4.78 is 12.5. The predicted molar refractivity (Wildman–Crippen MR) is 117 cm³/mol. The monoisotopic (exact) mass is 412 g/mol. The minimum atomic E-state index is -0.322. The lowest BCUT2D eigenvalue weighted by Crippen LogP contribution is -2.33. The lowest BCUT2D eigenvalue weighted by Gasteiger charge is -2.02. The lowest BCUT2D eigenvalue weighted by atomic mass is 10.0. The van der Waals surface area contributed by atoms with Crippen molar-refractivity contribution < 1.29 is 13.9 Å². The molecule has 0 fully saturated rings. The fraction of sp³-hybridized carbons (Fsp3) is 0.120. The maximum Gasteiger partial charge on any atom is 0.338 e. The van der Waals surface area contributed by atoms with Gasteiger partial charge in [-0.2, -0.15) is 0 Å². The molecule has 5 rings (SSSR count). The smallest absolute Gasteiger partial charge is 0.338 e. The van der Waals surface area contributed by atoms with Gasteiger partial charge in [-0.1, -0.05) is 37.8 Å². The standard InChI is InChI=1S/C25H20N2O4/c1-3-16-4-8-19(9-5-16)27-24(28)21(15(2)26-27)13-20-10-11-23(31-20)17-6-7-18-14-30-25(29)22(18)12-17/h4-13,26H,2-3,14H2,1H3/b21-13+. The van der Waals surface area contributed by atoms with Crippen LogP contribution in [0, 0.1) is 0 Å². The Kier molecular flexibility index (Phi) is 4.47. The second-order valence-corrected chi connectivity index (χ2v) is 7.46. The Balaban J connectivity index is 1.51. The number of H-pyrrole nitrogens is 1. The van der Waals surface area contributed by atoms with Gasteiger partial charge in [-0.05, 0) is 48.4 Å². The number of cyclic esters (lactones) is 1. The molecule has 3 heterocycles. The zero-order valence-electron chi connectivity index (χ0n) is 17.0. The Bertz CT molecular complexity index is 1470. The molecule has 0 spiro atoms. The molecule has 0 saturated carbocycles. The molecule has 6 nitrogen and oxygen atoms in total. The summed E-state index contributed by atoms with van der Waals surface area (Å²) in [6.45, 7) is 6.36. The highest BCUT2D eigenvalue weighted by Crippen LogP contribution is 2.28. The predicted octanol–water partition coefficient (Wildman–Crippen LogP) is 2.90. The van der Waals surface area contributed by atoms with Gasteiger partial charge >= 0.3 is 5.97 Å². The van der Waals surface area contributed by atoms with Gasteiger partial charge in [0.15, 0.2) is 0 Å². The number of nitrogens with zero attached hydrogens (tertiary/aromatic N) is 1. The van der Waals surface area contributed by atoms with Gasteiger partial charge in [0.25, 0.3) is 5.56 Å². The highest BCUT2D eigenvalue weighted by Gasteiger charge is 2.21. The molecular formula is C25H20N2O4. The fourth-order valence-corrected chi connectivity index (χ4v) is 3.70. The first kappa shape index (κ1) is 18.9. The second-order valence-electron chi connectivity index (χ2n) is 7.46. The van der Waals surface area contributed by atoms with Crippen LogP contribution < -0.4 is 16.1 Å². The average molecular weight is 412 g/mol. The van der Waals surface area contributed by atoms with E-state index >= 15 is 0 Å². The molecule has 0 aliphatic carbocycles. The minimum Gasteiger partial charge on any atom is -0.457 e. The largest absolute Gasteiger partial charge is 0.457 e. The summed E-state index contributed by atoms with van der Waals surface area (Å²) >= 11 is 0. The van der Waals surface area contributed by atoms with E-state index in [1.165, 1.54) is 10.2 Å². The van der Waals surface area contributed by atoms with E-state index in [1.54, 1.807) is 18.2 Å². The summed E-state index contributed by atoms with van der Waals surface area (Å²) in [5, 5.41) is 3.96. The van der Waals surface area contributed by atoms with E-state index in [9.17, 15) is 9.59 Å². The van der Waals surface area contributed by atoms with Crippen LogP contribution in [-0.4, -0.2) is 15.7 Å². The number of carbonyl (C=O) groups is 1. The molecule has 31 heavy (non-hydrogen) atoms. The Morgan fingerprint density at radius 1 is 1.10 bits per heavy atom. The first-order valence-corrected chi connectivity index (χ1v) is 10.0. The maximum atomic E-state index is 13.0. The number of esters is 1. The van der Waals surface area contributed by atoms with Gasteiger partial charge in [0.2, 0.25) is 0 Å². The van der Waals surface area contributed by atoms with Crippen LogP contribution >= 0.6 is 0 Å². The molecule has 0 bridgehead atoms. The summed E-state index contributed by atoms with van der Waals surface area (Å²) in [6.07, 6.45) is 2.61. The number of rotatable bonds is 4. The number of carbonyl (C=O) groups excluding carboxylic acids is 1. The number of aromatic nitrogens is 2. The van der Waals surface area contributed by atoms with Crippen molar-refractivity contribution in [1.82, 2.24) is 9.78 Å². The number of nitrogens with one attached hydrogen (secondary N) is 1. The van der Waals surface area contributed by atoms with E-state index in [0.29, 0.717) is 34.3 Å². The molecule has 0 radical (unpaired) electrons. The molecule has 1 N–H and O–H groups in total. The van der Waals surface area contributed by atoms with Crippen LogP contribution in [0.4, 0.5) is 0 Å². The number of hydrogen-bond donors (Lipinski definition) is 1. The van der Waals surface area contributed by atoms with Gasteiger partial charge in [-0.3, -0.25) is 9.89 Å².